The largest absolute Gasteiger partial charge is 0.508 e. The van der Waals surface area contributed by atoms with Crippen molar-refractivity contribution in [2.45, 2.75) is 0 Å². The van der Waals surface area contributed by atoms with Gasteiger partial charge in [0.2, 0.25) is 0 Å². The van der Waals surface area contributed by atoms with Gasteiger partial charge in [0.1, 0.15) is 5.75 Å². The van der Waals surface area contributed by atoms with E-state index in [9.17, 15) is 9.90 Å². The van der Waals surface area contributed by atoms with Crippen molar-refractivity contribution in [3.63, 3.8) is 0 Å². The Hall–Kier alpha value is -3.57. The highest BCUT2D eigenvalue weighted by atomic mass is 35.5. The number of nitrogens with zero attached hydrogens (tertiary/aromatic N) is 1. The van der Waals surface area contributed by atoms with Crippen molar-refractivity contribution in [2.24, 2.45) is 4.99 Å². The molecule has 0 radical (unpaired) electrons. The molecule has 0 spiro atoms. The van der Waals surface area contributed by atoms with Crippen molar-refractivity contribution in [1.82, 2.24) is 0 Å². The second kappa shape index (κ2) is 9.57. The topological polar surface area (TPSA) is 68.1 Å². The summed E-state index contributed by atoms with van der Waals surface area (Å²) in [6, 6.07) is 18.8. The van der Waals surface area contributed by atoms with Crippen LogP contribution in [0.25, 0.3) is 6.08 Å². The van der Waals surface area contributed by atoms with Crippen molar-refractivity contribution < 1.29 is 19.4 Å². The number of hydrogen-bond acceptors (Lipinski definition) is 5. The smallest absolute Gasteiger partial charge is 0.336 e. The van der Waals surface area contributed by atoms with Crippen LogP contribution in [0.2, 0.25) is 5.02 Å². The van der Waals surface area contributed by atoms with Crippen LogP contribution in [0.3, 0.4) is 0 Å². The number of benzene rings is 3. The number of hydrogen-bond donors (Lipinski definition) is 1. The fourth-order valence-corrected chi connectivity index (χ4v) is 2.65. The number of phenolic OH excluding ortho intramolecular Hbond substituents is 1. The molecule has 0 saturated carbocycles. The van der Waals surface area contributed by atoms with E-state index in [-0.39, 0.29) is 5.75 Å². The quantitative estimate of drug-likeness (QED) is 0.256. The maximum atomic E-state index is 12.1. The molecule has 0 aliphatic heterocycles. The van der Waals surface area contributed by atoms with Gasteiger partial charge < -0.3 is 14.6 Å². The van der Waals surface area contributed by atoms with Crippen molar-refractivity contribution in [1.29, 1.82) is 0 Å². The molecule has 5 nitrogen and oxygen atoms in total. The molecule has 0 aliphatic carbocycles. The van der Waals surface area contributed by atoms with Crippen LogP contribution in [0.15, 0.2) is 77.8 Å². The highest BCUT2D eigenvalue weighted by Crippen LogP contribution is 2.28. The Morgan fingerprint density at radius 2 is 1.79 bits per heavy atom. The van der Waals surface area contributed by atoms with Gasteiger partial charge in [-0.1, -0.05) is 23.7 Å². The van der Waals surface area contributed by atoms with Crippen LogP contribution in [0.1, 0.15) is 11.1 Å². The van der Waals surface area contributed by atoms with E-state index in [1.165, 1.54) is 13.2 Å². The fourth-order valence-electron chi connectivity index (χ4n) is 2.45. The molecule has 146 valence electrons. The van der Waals surface area contributed by atoms with E-state index in [2.05, 4.69) is 4.99 Å². The number of carbonyl (C=O) groups is 1. The normalized spacial score (nSPS) is 11.1. The molecule has 0 amide bonds. The predicted octanol–water partition coefficient (Wildman–Crippen LogP) is 5.42. The van der Waals surface area contributed by atoms with Crippen molar-refractivity contribution in [3.05, 3.63) is 89.0 Å². The van der Waals surface area contributed by atoms with E-state index >= 15 is 0 Å². The number of halogens is 1. The summed E-state index contributed by atoms with van der Waals surface area (Å²) in [6.07, 6.45) is 4.60. The number of ether oxygens (including phenoxy) is 2. The number of carbonyl (C=O) groups excluding carboxylic acids is 1. The summed E-state index contributed by atoms with van der Waals surface area (Å²) in [5.41, 5.74) is 2.26. The number of esters is 1. The number of rotatable bonds is 6. The summed E-state index contributed by atoms with van der Waals surface area (Å²) < 4.78 is 10.7. The van der Waals surface area contributed by atoms with Gasteiger partial charge in [-0.2, -0.15) is 0 Å². The Morgan fingerprint density at radius 3 is 2.52 bits per heavy atom. The third-order valence-electron chi connectivity index (χ3n) is 3.87. The van der Waals surface area contributed by atoms with Crippen LogP contribution in [-0.4, -0.2) is 24.4 Å². The zero-order valence-corrected chi connectivity index (χ0v) is 16.3. The lowest BCUT2D eigenvalue weighted by Gasteiger charge is -2.08. The molecule has 0 fully saturated rings. The molecule has 3 rings (SSSR count). The van der Waals surface area contributed by atoms with Gasteiger partial charge in [-0.05, 0) is 71.8 Å². The number of methoxy groups -OCH3 is 1. The lowest BCUT2D eigenvalue weighted by atomic mass is 10.2. The van der Waals surface area contributed by atoms with Gasteiger partial charge in [-0.25, -0.2) is 4.79 Å². The van der Waals surface area contributed by atoms with Crippen molar-refractivity contribution in [2.75, 3.05) is 7.11 Å². The third kappa shape index (κ3) is 5.96. The Labute approximate surface area is 173 Å². The first kappa shape index (κ1) is 20.2. The first-order chi connectivity index (χ1) is 14.0. The van der Waals surface area contributed by atoms with Gasteiger partial charge in [0.25, 0.3) is 0 Å². The van der Waals surface area contributed by atoms with Gasteiger partial charge in [0.15, 0.2) is 11.5 Å². The summed E-state index contributed by atoms with van der Waals surface area (Å²) in [6.45, 7) is 0. The molecule has 6 heteroatoms. The molecule has 1 N–H and O–H groups in total. The first-order valence-electron chi connectivity index (χ1n) is 8.70. The van der Waals surface area contributed by atoms with E-state index in [1.54, 1.807) is 73.0 Å². The molecule has 3 aromatic rings. The van der Waals surface area contributed by atoms with E-state index < -0.39 is 5.97 Å². The molecule has 0 aromatic heterocycles. The first-order valence-corrected chi connectivity index (χ1v) is 9.08. The van der Waals surface area contributed by atoms with Gasteiger partial charge in [-0.15, -0.1) is 0 Å². The second-order valence-electron chi connectivity index (χ2n) is 5.99. The van der Waals surface area contributed by atoms with E-state index in [0.717, 1.165) is 11.1 Å². The summed E-state index contributed by atoms with van der Waals surface area (Å²) in [5.74, 6) is 0.356. The van der Waals surface area contributed by atoms with Crippen LogP contribution in [0.4, 0.5) is 5.69 Å². The Bertz CT molecular complexity index is 1060. The third-order valence-corrected chi connectivity index (χ3v) is 4.11. The highest BCUT2D eigenvalue weighted by molar-refractivity contribution is 6.30. The molecule has 0 atom stereocenters. The lowest BCUT2D eigenvalue weighted by molar-refractivity contribution is -0.129. The molecule has 29 heavy (non-hydrogen) atoms. The molecule has 0 bridgehead atoms. The van der Waals surface area contributed by atoms with Crippen LogP contribution in [0.5, 0.6) is 17.2 Å². The summed E-state index contributed by atoms with van der Waals surface area (Å²) >= 11 is 5.93. The van der Waals surface area contributed by atoms with Crippen LogP contribution in [0, 0.1) is 0 Å². The Morgan fingerprint density at radius 1 is 1.00 bits per heavy atom. The molecule has 3 aromatic carbocycles. The molecular weight excluding hydrogens is 390 g/mol. The van der Waals surface area contributed by atoms with Gasteiger partial charge in [-0.3, -0.25) is 4.99 Å². The molecular formula is C23H18ClNO4. The Kier molecular flexibility index (Phi) is 6.66. The summed E-state index contributed by atoms with van der Waals surface area (Å²) in [7, 11) is 1.50. The number of phenols is 1. The average Bonchev–Trinajstić information content (AvgIpc) is 2.72. The second-order valence-corrected chi connectivity index (χ2v) is 6.43. The minimum atomic E-state index is -0.534. The summed E-state index contributed by atoms with van der Waals surface area (Å²) in [5, 5.41) is 9.90. The zero-order valence-electron chi connectivity index (χ0n) is 15.6. The number of aromatic hydroxyl groups is 1. The standard InChI is InChI=1S/C23H18ClNO4/c1-28-22-14-17(15-25-19-7-9-20(26)10-8-19)5-11-21(22)29-23(27)12-6-16-3-2-4-18(24)13-16/h2-15,26H,1H3/b12-6+,25-15+. The molecule has 0 unspecified atom stereocenters. The van der Waals surface area contributed by atoms with E-state index in [4.69, 9.17) is 21.1 Å². The van der Waals surface area contributed by atoms with Crippen LogP contribution in [-0.2, 0) is 4.79 Å². The van der Waals surface area contributed by atoms with Gasteiger partial charge in [0.05, 0.1) is 12.8 Å². The molecule has 0 aliphatic rings. The van der Waals surface area contributed by atoms with Crippen molar-refractivity contribution >= 4 is 35.5 Å². The van der Waals surface area contributed by atoms with Crippen LogP contribution >= 0.6 is 11.6 Å². The maximum absolute atomic E-state index is 12.1. The molecule has 0 saturated heterocycles. The SMILES string of the molecule is COc1cc(/C=N/c2ccc(O)cc2)ccc1OC(=O)/C=C/c1cccc(Cl)c1. The predicted molar refractivity (Wildman–Crippen MR) is 114 cm³/mol. The monoisotopic (exact) mass is 407 g/mol. The minimum absolute atomic E-state index is 0.182. The Balaban J connectivity index is 1.69. The fraction of sp³-hybridized carbons (Fsp3) is 0.0435. The zero-order chi connectivity index (χ0) is 20.6. The van der Waals surface area contributed by atoms with Crippen molar-refractivity contribution in [3.8, 4) is 17.2 Å². The maximum Gasteiger partial charge on any atom is 0.336 e. The lowest BCUT2D eigenvalue weighted by Crippen LogP contribution is -2.05. The molecule has 0 heterocycles. The van der Waals surface area contributed by atoms with Gasteiger partial charge >= 0.3 is 5.97 Å². The average molecular weight is 408 g/mol. The van der Waals surface area contributed by atoms with E-state index in [0.29, 0.717) is 22.2 Å². The highest BCUT2D eigenvalue weighted by Gasteiger charge is 2.08. The number of aliphatic imine (C=N–C) groups is 1. The van der Waals surface area contributed by atoms with E-state index in [1.807, 2.05) is 6.07 Å². The summed E-state index contributed by atoms with van der Waals surface area (Å²) in [4.78, 5) is 16.5. The van der Waals surface area contributed by atoms with Gasteiger partial charge in [0, 0.05) is 17.3 Å². The van der Waals surface area contributed by atoms with Crippen LogP contribution < -0.4 is 9.47 Å². The minimum Gasteiger partial charge on any atom is -0.508 e.